The summed E-state index contributed by atoms with van der Waals surface area (Å²) < 4.78 is 7.19. The molecule has 0 unspecified atom stereocenters. The largest absolute Gasteiger partial charge is 0.475 e. The molecule has 3 aromatic rings. The number of fused-ring (bicyclic) bond motifs is 1. The van der Waals surface area contributed by atoms with Gasteiger partial charge in [-0.3, -0.25) is 4.79 Å². The number of hydrogen-bond donors (Lipinski definition) is 1. The van der Waals surface area contributed by atoms with Crippen LogP contribution in [-0.2, 0) is 4.79 Å². The SMILES string of the molecule is CCCC(=O)NCCOc1ccc2nnc(-c3ccccc3Cl)n2n1. The monoisotopic (exact) mass is 359 g/mol. The van der Waals surface area contributed by atoms with Gasteiger partial charge in [-0.1, -0.05) is 30.7 Å². The fraction of sp³-hybridized carbons (Fsp3) is 0.294. The van der Waals surface area contributed by atoms with Gasteiger partial charge in [0.15, 0.2) is 11.5 Å². The van der Waals surface area contributed by atoms with Crippen LogP contribution in [0, 0.1) is 0 Å². The van der Waals surface area contributed by atoms with Crippen molar-refractivity contribution in [1.82, 2.24) is 25.1 Å². The Morgan fingerprint density at radius 2 is 2.08 bits per heavy atom. The van der Waals surface area contributed by atoms with Crippen LogP contribution in [0.1, 0.15) is 19.8 Å². The summed E-state index contributed by atoms with van der Waals surface area (Å²) in [5.41, 5.74) is 1.34. The maximum absolute atomic E-state index is 11.4. The summed E-state index contributed by atoms with van der Waals surface area (Å²) in [5, 5.41) is 16.0. The number of hydrogen-bond acceptors (Lipinski definition) is 5. The van der Waals surface area contributed by atoms with Crippen LogP contribution in [0.5, 0.6) is 5.88 Å². The molecule has 0 bridgehead atoms. The molecular formula is C17H18ClN5O2. The van der Waals surface area contributed by atoms with Crippen molar-refractivity contribution >= 4 is 23.2 Å². The number of nitrogens with one attached hydrogen (secondary N) is 1. The van der Waals surface area contributed by atoms with Crippen LogP contribution in [0.15, 0.2) is 36.4 Å². The first-order valence-electron chi connectivity index (χ1n) is 8.06. The minimum absolute atomic E-state index is 0.0225. The lowest BCUT2D eigenvalue weighted by atomic mass is 10.2. The van der Waals surface area contributed by atoms with E-state index >= 15 is 0 Å². The lowest BCUT2D eigenvalue weighted by Gasteiger charge is -2.07. The molecule has 130 valence electrons. The van der Waals surface area contributed by atoms with E-state index in [9.17, 15) is 4.79 Å². The summed E-state index contributed by atoms with van der Waals surface area (Å²) in [6.45, 7) is 2.72. The van der Waals surface area contributed by atoms with E-state index < -0.39 is 0 Å². The highest BCUT2D eigenvalue weighted by Gasteiger charge is 2.13. The highest BCUT2D eigenvalue weighted by molar-refractivity contribution is 6.33. The summed E-state index contributed by atoms with van der Waals surface area (Å²) in [5.74, 6) is 0.988. The topological polar surface area (TPSA) is 81.4 Å². The van der Waals surface area contributed by atoms with Crippen LogP contribution in [0.2, 0.25) is 5.02 Å². The molecular weight excluding hydrogens is 342 g/mol. The van der Waals surface area contributed by atoms with Gasteiger partial charge in [0.05, 0.1) is 11.6 Å². The second-order valence-corrected chi connectivity index (χ2v) is 5.80. The first-order chi connectivity index (χ1) is 12.2. The number of carbonyl (C=O) groups excluding carboxylic acids is 1. The first-order valence-corrected chi connectivity index (χ1v) is 8.43. The van der Waals surface area contributed by atoms with Crippen LogP contribution in [-0.4, -0.2) is 38.9 Å². The molecule has 0 radical (unpaired) electrons. The normalized spacial score (nSPS) is 10.8. The number of benzene rings is 1. The van der Waals surface area contributed by atoms with E-state index in [4.69, 9.17) is 16.3 Å². The Hall–Kier alpha value is -2.67. The average molecular weight is 360 g/mol. The average Bonchev–Trinajstić information content (AvgIpc) is 3.02. The molecule has 2 aromatic heterocycles. The van der Waals surface area contributed by atoms with Gasteiger partial charge in [0.2, 0.25) is 11.8 Å². The Balaban J connectivity index is 1.73. The third kappa shape index (κ3) is 4.06. The lowest BCUT2D eigenvalue weighted by molar-refractivity contribution is -0.121. The van der Waals surface area contributed by atoms with E-state index in [2.05, 4.69) is 20.6 Å². The van der Waals surface area contributed by atoms with E-state index in [1.807, 2.05) is 25.1 Å². The molecule has 7 nitrogen and oxygen atoms in total. The zero-order chi connectivity index (χ0) is 17.6. The second-order valence-electron chi connectivity index (χ2n) is 5.39. The van der Waals surface area contributed by atoms with Gasteiger partial charge in [0.1, 0.15) is 6.61 Å². The number of ether oxygens (including phenoxy) is 1. The van der Waals surface area contributed by atoms with E-state index in [0.717, 1.165) is 12.0 Å². The Bertz CT molecular complexity index is 880. The van der Waals surface area contributed by atoms with Gasteiger partial charge in [0, 0.05) is 18.1 Å². The summed E-state index contributed by atoms with van der Waals surface area (Å²) in [6.07, 6.45) is 1.34. The highest BCUT2D eigenvalue weighted by Crippen LogP contribution is 2.26. The molecule has 1 N–H and O–H groups in total. The second kappa shape index (κ2) is 7.94. The molecule has 0 spiro atoms. The molecule has 3 rings (SSSR count). The van der Waals surface area contributed by atoms with E-state index in [1.54, 1.807) is 22.7 Å². The molecule has 8 heteroatoms. The first kappa shape index (κ1) is 17.2. The smallest absolute Gasteiger partial charge is 0.231 e. The number of amides is 1. The van der Waals surface area contributed by atoms with E-state index in [1.165, 1.54) is 0 Å². The maximum Gasteiger partial charge on any atom is 0.231 e. The van der Waals surface area contributed by atoms with Gasteiger partial charge in [-0.2, -0.15) is 4.52 Å². The molecule has 0 fully saturated rings. The third-order valence-electron chi connectivity index (χ3n) is 3.50. The summed E-state index contributed by atoms with van der Waals surface area (Å²) in [7, 11) is 0. The molecule has 0 aliphatic carbocycles. The molecule has 0 aliphatic heterocycles. The van der Waals surface area contributed by atoms with Crippen molar-refractivity contribution in [2.45, 2.75) is 19.8 Å². The van der Waals surface area contributed by atoms with Gasteiger partial charge in [-0.05, 0) is 24.6 Å². The standard InChI is InChI=1S/C17H18ClN5O2/c1-2-5-15(24)19-10-11-25-16-9-8-14-20-21-17(23(14)22-16)12-6-3-4-7-13(12)18/h3-4,6-9H,2,5,10-11H2,1H3,(H,19,24). The number of carbonyl (C=O) groups is 1. The fourth-order valence-electron chi connectivity index (χ4n) is 2.32. The van der Waals surface area contributed by atoms with Crippen molar-refractivity contribution in [2.75, 3.05) is 13.2 Å². The molecule has 0 aliphatic rings. The van der Waals surface area contributed by atoms with Crippen LogP contribution in [0.25, 0.3) is 17.0 Å². The van der Waals surface area contributed by atoms with Crippen LogP contribution in [0.4, 0.5) is 0 Å². The van der Waals surface area contributed by atoms with Gasteiger partial charge < -0.3 is 10.1 Å². The van der Waals surface area contributed by atoms with Crippen molar-refractivity contribution in [3.05, 3.63) is 41.4 Å². The van der Waals surface area contributed by atoms with Crippen molar-refractivity contribution < 1.29 is 9.53 Å². The third-order valence-corrected chi connectivity index (χ3v) is 3.83. The predicted octanol–water partition coefficient (Wildman–Crippen LogP) is 2.74. The summed E-state index contributed by atoms with van der Waals surface area (Å²) >= 11 is 6.23. The fourth-order valence-corrected chi connectivity index (χ4v) is 2.54. The Labute approximate surface area is 150 Å². The van der Waals surface area contributed by atoms with Crippen LogP contribution in [0.3, 0.4) is 0 Å². The summed E-state index contributed by atoms with van der Waals surface area (Å²) in [4.78, 5) is 11.4. The quantitative estimate of drug-likeness (QED) is 0.656. The van der Waals surface area contributed by atoms with Gasteiger partial charge >= 0.3 is 0 Å². The molecule has 1 aromatic carbocycles. The Morgan fingerprint density at radius 3 is 2.88 bits per heavy atom. The molecule has 25 heavy (non-hydrogen) atoms. The number of aromatic nitrogens is 4. The van der Waals surface area contributed by atoms with Crippen LogP contribution >= 0.6 is 11.6 Å². The molecule has 1 amide bonds. The minimum Gasteiger partial charge on any atom is -0.475 e. The lowest BCUT2D eigenvalue weighted by Crippen LogP contribution is -2.27. The Kier molecular flexibility index (Phi) is 5.45. The number of nitrogens with zero attached hydrogens (tertiary/aromatic N) is 4. The zero-order valence-electron chi connectivity index (χ0n) is 13.8. The van der Waals surface area contributed by atoms with Crippen molar-refractivity contribution in [1.29, 1.82) is 0 Å². The zero-order valence-corrected chi connectivity index (χ0v) is 14.5. The molecule has 0 saturated heterocycles. The molecule has 2 heterocycles. The van der Waals surface area contributed by atoms with Gasteiger partial charge in [0.25, 0.3) is 0 Å². The molecule has 0 saturated carbocycles. The van der Waals surface area contributed by atoms with Crippen LogP contribution < -0.4 is 10.1 Å². The number of rotatable bonds is 7. The predicted molar refractivity (Wildman–Crippen MR) is 94.6 cm³/mol. The highest BCUT2D eigenvalue weighted by atomic mass is 35.5. The van der Waals surface area contributed by atoms with Gasteiger partial charge in [-0.15, -0.1) is 15.3 Å². The number of halogens is 1. The Morgan fingerprint density at radius 1 is 1.24 bits per heavy atom. The molecule has 0 atom stereocenters. The van der Waals surface area contributed by atoms with Crippen molar-refractivity contribution in [2.24, 2.45) is 0 Å². The van der Waals surface area contributed by atoms with Crippen molar-refractivity contribution in [3.8, 4) is 17.3 Å². The van der Waals surface area contributed by atoms with Crippen molar-refractivity contribution in [3.63, 3.8) is 0 Å². The van der Waals surface area contributed by atoms with Gasteiger partial charge in [-0.25, -0.2) is 0 Å². The summed E-state index contributed by atoms with van der Waals surface area (Å²) in [6, 6.07) is 10.9. The van der Waals surface area contributed by atoms with E-state index in [0.29, 0.717) is 41.9 Å². The van der Waals surface area contributed by atoms with E-state index in [-0.39, 0.29) is 5.91 Å². The maximum atomic E-state index is 11.4. The minimum atomic E-state index is 0.0225.